The Kier molecular flexibility index (Phi) is 4.20. The zero-order valence-electron chi connectivity index (χ0n) is 12.8. The highest BCUT2D eigenvalue weighted by molar-refractivity contribution is 7.80. The summed E-state index contributed by atoms with van der Waals surface area (Å²) in [6.45, 7) is 2.10. The largest absolute Gasteiger partial charge is 0.364 e. The van der Waals surface area contributed by atoms with Crippen LogP contribution in [0.15, 0.2) is 59.7 Å². The fourth-order valence-corrected chi connectivity index (χ4v) is 2.83. The molecule has 0 bridgehead atoms. The molecule has 0 radical (unpaired) electrons. The molecule has 1 unspecified atom stereocenters. The first-order valence-corrected chi connectivity index (χ1v) is 7.80. The number of nitrogens with one attached hydrogen (secondary N) is 1. The Hall–Kier alpha value is -2.20. The second-order valence-electron chi connectivity index (χ2n) is 5.44. The minimum absolute atomic E-state index is 0.149. The molecule has 0 fully saturated rings. The minimum atomic E-state index is 0.149. The molecule has 0 aliphatic carbocycles. The summed E-state index contributed by atoms with van der Waals surface area (Å²) in [5.74, 6) is 0. The van der Waals surface area contributed by atoms with Crippen LogP contribution in [0.4, 0.5) is 0 Å². The summed E-state index contributed by atoms with van der Waals surface area (Å²) in [5.41, 5.74) is 4.72. The molecule has 1 N–H and O–H groups in total. The molecule has 4 heteroatoms. The number of aryl methyl sites for hydroxylation is 1. The third kappa shape index (κ3) is 2.88. The van der Waals surface area contributed by atoms with Gasteiger partial charge in [0.1, 0.15) is 0 Å². The molecule has 3 rings (SSSR count). The van der Waals surface area contributed by atoms with Crippen molar-refractivity contribution >= 4 is 23.0 Å². The molecule has 1 aliphatic heterocycles. The van der Waals surface area contributed by atoms with Crippen molar-refractivity contribution in [2.75, 3.05) is 7.05 Å². The maximum atomic E-state index is 5.43. The highest BCUT2D eigenvalue weighted by Gasteiger charge is 2.30. The van der Waals surface area contributed by atoms with Crippen LogP contribution in [0.1, 0.15) is 29.2 Å². The molecule has 1 aliphatic rings. The first-order valence-electron chi connectivity index (χ1n) is 7.39. The van der Waals surface area contributed by atoms with E-state index in [-0.39, 0.29) is 6.04 Å². The van der Waals surface area contributed by atoms with Crippen molar-refractivity contribution in [3.63, 3.8) is 0 Å². The van der Waals surface area contributed by atoms with E-state index in [2.05, 4.69) is 48.6 Å². The van der Waals surface area contributed by atoms with Gasteiger partial charge in [0.15, 0.2) is 5.11 Å². The van der Waals surface area contributed by atoms with E-state index in [0.29, 0.717) is 5.11 Å². The third-order valence-electron chi connectivity index (χ3n) is 3.90. The van der Waals surface area contributed by atoms with Crippen LogP contribution >= 0.6 is 12.2 Å². The molecule has 112 valence electrons. The van der Waals surface area contributed by atoms with Crippen LogP contribution in [-0.2, 0) is 0 Å². The second-order valence-corrected chi connectivity index (χ2v) is 5.83. The van der Waals surface area contributed by atoms with E-state index in [9.17, 15) is 0 Å². The van der Waals surface area contributed by atoms with Crippen molar-refractivity contribution in [1.82, 2.24) is 10.3 Å². The van der Waals surface area contributed by atoms with Gasteiger partial charge in [0.2, 0.25) is 0 Å². The van der Waals surface area contributed by atoms with Crippen molar-refractivity contribution in [1.29, 1.82) is 0 Å². The number of benzene rings is 2. The molecule has 1 heterocycles. The summed E-state index contributed by atoms with van der Waals surface area (Å²) in [4.78, 5) is 0. The topological polar surface area (TPSA) is 27.6 Å². The number of hydrogen-bond donors (Lipinski definition) is 1. The average molecular weight is 309 g/mol. The first-order chi connectivity index (χ1) is 10.7. The van der Waals surface area contributed by atoms with Gasteiger partial charge in [-0.05, 0) is 30.3 Å². The van der Waals surface area contributed by atoms with Crippen molar-refractivity contribution in [3.8, 4) is 0 Å². The first kappa shape index (κ1) is 14.7. The Morgan fingerprint density at radius 3 is 2.45 bits per heavy atom. The number of rotatable bonds is 2. The Labute approximate surface area is 136 Å². The average Bonchev–Trinajstić information content (AvgIpc) is 3.01. The number of thiocarbonyl (C=S) groups is 1. The smallest absolute Gasteiger partial charge is 0.189 e. The van der Waals surface area contributed by atoms with Gasteiger partial charge in [-0.2, -0.15) is 5.10 Å². The van der Waals surface area contributed by atoms with Crippen molar-refractivity contribution in [2.45, 2.75) is 19.4 Å². The van der Waals surface area contributed by atoms with Gasteiger partial charge in [-0.25, -0.2) is 5.01 Å². The molecular formula is C18H19N3S. The maximum absolute atomic E-state index is 5.43. The van der Waals surface area contributed by atoms with Gasteiger partial charge in [-0.1, -0.05) is 60.2 Å². The van der Waals surface area contributed by atoms with E-state index >= 15 is 0 Å². The van der Waals surface area contributed by atoms with E-state index in [4.69, 9.17) is 17.3 Å². The fraction of sp³-hybridized carbons (Fsp3) is 0.222. The maximum Gasteiger partial charge on any atom is 0.189 e. The molecule has 3 nitrogen and oxygen atoms in total. The van der Waals surface area contributed by atoms with E-state index in [1.54, 1.807) is 0 Å². The van der Waals surface area contributed by atoms with Crippen molar-refractivity contribution in [3.05, 3.63) is 71.3 Å². The zero-order valence-corrected chi connectivity index (χ0v) is 13.6. The summed E-state index contributed by atoms with van der Waals surface area (Å²) >= 11 is 5.43. The molecular weight excluding hydrogens is 290 g/mol. The van der Waals surface area contributed by atoms with E-state index < -0.39 is 0 Å². The van der Waals surface area contributed by atoms with Gasteiger partial charge in [-0.3, -0.25) is 0 Å². The summed E-state index contributed by atoms with van der Waals surface area (Å²) < 4.78 is 0. The van der Waals surface area contributed by atoms with Crippen LogP contribution in [0.25, 0.3) is 0 Å². The lowest BCUT2D eigenvalue weighted by Gasteiger charge is -2.23. The van der Waals surface area contributed by atoms with E-state index in [0.717, 1.165) is 17.7 Å². The molecule has 0 saturated heterocycles. The SMILES string of the molecule is CNC(=S)N1N=C(c2ccccc2)CC1c1ccc(C)cc1. The van der Waals surface area contributed by atoms with Crippen LogP contribution in [-0.4, -0.2) is 22.9 Å². The second kappa shape index (κ2) is 6.28. The number of hydrogen-bond acceptors (Lipinski definition) is 2. The lowest BCUT2D eigenvalue weighted by atomic mass is 9.98. The Morgan fingerprint density at radius 1 is 1.14 bits per heavy atom. The highest BCUT2D eigenvalue weighted by atomic mass is 32.1. The molecule has 2 aromatic rings. The van der Waals surface area contributed by atoms with Crippen LogP contribution in [0.3, 0.4) is 0 Å². The number of hydrazone groups is 1. The van der Waals surface area contributed by atoms with Crippen molar-refractivity contribution < 1.29 is 0 Å². The lowest BCUT2D eigenvalue weighted by Crippen LogP contribution is -2.34. The van der Waals surface area contributed by atoms with Crippen LogP contribution in [0.2, 0.25) is 0 Å². The fourth-order valence-electron chi connectivity index (χ4n) is 2.67. The predicted molar refractivity (Wildman–Crippen MR) is 95.0 cm³/mol. The van der Waals surface area contributed by atoms with Gasteiger partial charge < -0.3 is 5.32 Å². The van der Waals surface area contributed by atoms with Gasteiger partial charge in [0.25, 0.3) is 0 Å². The molecule has 0 spiro atoms. The van der Waals surface area contributed by atoms with Gasteiger partial charge in [0, 0.05) is 13.5 Å². The molecule has 0 amide bonds. The van der Waals surface area contributed by atoms with Crippen LogP contribution in [0, 0.1) is 6.92 Å². The molecule has 0 aromatic heterocycles. The Balaban J connectivity index is 1.94. The quantitative estimate of drug-likeness (QED) is 0.858. The molecule has 0 saturated carbocycles. The minimum Gasteiger partial charge on any atom is -0.364 e. The van der Waals surface area contributed by atoms with Crippen molar-refractivity contribution in [2.24, 2.45) is 5.10 Å². The summed E-state index contributed by atoms with van der Waals surface area (Å²) in [5, 5.41) is 10.4. The normalized spacial score (nSPS) is 17.3. The third-order valence-corrected chi connectivity index (χ3v) is 4.29. The Bertz CT molecular complexity index is 692. The van der Waals surface area contributed by atoms with Gasteiger partial charge in [0.05, 0.1) is 11.8 Å². The zero-order chi connectivity index (χ0) is 15.5. The van der Waals surface area contributed by atoms with Crippen LogP contribution < -0.4 is 5.32 Å². The highest BCUT2D eigenvalue weighted by Crippen LogP contribution is 2.32. The molecule has 22 heavy (non-hydrogen) atoms. The summed E-state index contributed by atoms with van der Waals surface area (Å²) in [6.07, 6.45) is 0.856. The lowest BCUT2D eigenvalue weighted by molar-refractivity contribution is 0.366. The van der Waals surface area contributed by atoms with E-state index in [1.165, 1.54) is 11.1 Å². The standard InChI is InChI=1S/C18H19N3S/c1-13-8-10-15(11-9-13)17-12-16(14-6-4-3-5-7-14)20-21(17)18(22)19-2/h3-11,17H,12H2,1-2H3,(H,19,22). The predicted octanol–water partition coefficient (Wildman–Crippen LogP) is 3.65. The van der Waals surface area contributed by atoms with E-state index in [1.807, 2.05) is 30.3 Å². The van der Waals surface area contributed by atoms with Gasteiger partial charge >= 0.3 is 0 Å². The van der Waals surface area contributed by atoms with Crippen LogP contribution in [0.5, 0.6) is 0 Å². The summed E-state index contributed by atoms with van der Waals surface area (Å²) in [7, 11) is 1.84. The summed E-state index contributed by atoms with van der Waals surface area (Å²) in [6, 6.07) is 19.0. The Morgan fingerprint density at radius 2 is 1.82 bits per heavy atom. The van der Waals surface area contributed by atoms with Gasteiger partial charge in [-0.15, -0.1) is 0 Å². The molecule has 2 aromatic carbocycles. The number of nitrogens with zero attached hydrogens (tertiary/aromatic N) is 2. The molecule has 1 atom stereocenters. The monoisotopic (exact) mass is 309 g/mol.